The van der Waals surface area contributed by atoms with Crippen molar-refractivity contribution < 1.29 is 4.79 Å². The van der Waals surface area contributed by atoms with E-state index in [1.54, 1.807) is 0 Å². The normalized spacial score (nSPS) is 16.3. The van der Waals surface area contributed by atoms with Gasteiger partial charge in [-0.1, -0.05) is 43.7 Å². The van der Waals surface area contributed by atoms with Gasteiger partial charge in [0.1, 0.15) is 0 Å². The van der Waals surface area contributed by atoms with E-state index < -0.39 is 0 Å². The molecule has 26 heavy (non-hydrogen) atoms. The van der Waals surface area contributed by atoms with Gasteiger partial charge in [0.25, 0.3) is 0 Å². The van der Waals surface area contributed by atoms with E-state index in [0.717, 1.165) is 55.7 Å². The molecule has 1 N–H and O–H groups in total. The third kappa shape index (κ3) is 3.68. The fraction of sp³-hybridized carbons (Fsp3) is 0.435. The summed E-state index contributed by atoms with van der Waals surface area (Å²) in [7, 11) is 2.07. The topological polar surface area (TPSA) is 32.3 Å². The van der Waals surface area contributed by atoms with Crippen LogP contribution < -0.4 is 10.2 Å². The molecule has 1 fully saturated rings. The number of hydrogen-bond acceptors (Lipinski definition) is 3. The number of anilines is 2. The number of para-hydroxylation sites is 1. The average molecular weight is 351 g/mol. The molecule has 1 heterocycles. The lowest BCUT2D eigenvalue weighted by atomic mass is 9.70. The highest BCUT2D eigenvalue weighted by Crippen LogP contribution is 2.39. The summed E-state index contributed by atoms with van der Waals surface area (Å²) in [6, 6.07) is 16.5. The highest BCUT2D eigenvalue weighted by atomic mass is 16.1. The molecule has 0 saturated carbocycles. The predicted molar refractivity (Wildman–Crippen MR) is 109 cm³/mol. The number of aryl methyl sites for hydroxylation is 1. The van der Waals surface area contributed by atoms with Crippen LogP contribution in [0.1, 0.15) is 48.5 Å². The Kier molecular flexibility index (Phi) is 5.77. The second-order valence-electron chi connectivity index (χ2n) is 7.51. The van der Waals surface area contributed by atoms with Crippen molar-refractivity contribution in [2.24, 2.45) is 5.41 Å². The van der Waals surface area contributed by atoms with Crippen LogP contribution in [0.15, 0.2) is 48.5 Å². The van der Waals surface area contributed by atoms with Gasteiger partial charge in [-0.3, -0.25) is 4.79 Å². The molecule has 0 unspecified atom stereocenters. The van der Waals surface area contributed by atoms with Gasteiger partial charge in [0.15, 0.2) is 5.78 Å². The van der Waals surface area contributed by atoms with Crippen LogP contribution in [0.3, 0.4) is 0 Å². The minimum Gasteiger partial charge on any atom is -0.344 e. The molecule has 3 rings (SSSR count). The molecule has 2 aromatic carbocycles. The number of rotatable bonds is 6. The van der Waals surface area contributed by atoms with E-state index in [9.17, 15) is 4.79 Å². The minimum absolute atomic E-state index is 0.197. The number of hydrogen-bond donors (Lipinski definition) is 1. The maximum Gasteiger partial charge on any atom is 0.169 e. The summed E-state index contributed by atoms with van der Waals surface area (Å²) in [5.74, 6) is 0.323. The Balaban J connectivity index is 1.94. The number of piperidine rings is 1. The van der Waals surface area contributed by atoms with Crippen LogP contribution in [0.2, 0.25) is 0 Å². The maximum absolute atomic E-state index is 13.5. The molecular formula is C23H30N2O. The van der Waals surface area contributed by atoms with Gasteiger partial charge in [-0.2, -0.15) is 0 Å². The first kappa shape index (κ1) is 18.7. The molecule has 1 aliphatic heterocycles. The molecule has 138 valence electrons. The van der Waals surface area contributed by atoms with E-state index in [1.807, 2.05) is 24.3 Å². The number of benzene rings is 2. The van der Waals surface area contributed by atoms with Crippen LogP contribution >= 0.6 is 0 Å². The monoisotopic (exact) mass is 350 g/mol. The average Bonchev–Trinajstić information content (AvgIpc) is 2.69. The molecule has 3 heteroatoms. The first-order chi connectivity index (χ1) is 12.6. The number of carbonyl (C=O) groups is 1. The lowest BCUT2D eigenvalue weighted by Crippen LogP contribution is -2.42. The van der Waals surface area contributed by atoms with Gasteiger partial charge in [0, 0.05) is 29.4 Å². The highest BCUT2D eigenvalue weighted by Gasteiger charge is 2.39. The molecular weight excluding hydrogens is 320 g/mol. The summed E-state index contributed by atoms with van der Waals surface area (Å²) in [4.78, 5) is 15.7. The van der Waals surface area contributed by atoms with E-state index in [1.165, 1.54) is 5.56 Å². The molecule has 1 aliphatic rings. The van der Waals surface area contributed by atoms with Crippen LogP contribution in [-0.4, -0.2) is 25.9 Å². The zero-order valence-electron chi connectivity index (χ0n) is 16.2. The standard InChI is InChI=1S/C23H30N2O/c1-4-12-23(13-15-24-16-14-23)22(26)19-11-10-18(2)21(17-19)25(3)20-8-6-5-7-9-20/h5-11,17,24H,4,12-16H2,1-3H3. The van der Waals surface area contributed by atoms with Crippen molar-refractivity contribution in [2.45, 2.75) is 39.5 Å². The smallest absolute Gasteiger partial charge is 0.169 e. The van der Waals surface area contributed by atoms with E-state index in [4.69, 9.17) is 0 Å². The Morgan fingerprint density at radius 3 is 2.46 bits per heavy atom. The van der Waals surface area contributed by atoms with Crippen LogP contribution in [0.5, 0.6) is 0 Å². The number of carbonyl (C=O) groups excluding carboxylic acids is 1. The molecule has 0 aliphatic carbocycles. The fourth-order valence-corrected chi connectivity index (χ4v) is 4.18. The second kappa shape index (κ2) is 8.05. The van der Waals surface area contributed by atoms with Crippen molar-refractivity contribution in [2.75, 3.05) is 25.0 Å². The molecule has 1 saturated heterocycles. The zero-order valence-corrected chi connectivity index (χ0v) is 16.2. The Labute approximate surface area is 157 Å². The summed E-state index contributed by atoms with van der Waals surface area (Å²) >= 11 is 0. The third-order valence-electron chi connectivity index (χ3n) is 5.75. The van der Waals surface area contributed by atoms with Crippen LogP contribution in [0, 0.1) is 12.3 Å². The molecule has 3 nitrogen and oxygen atoms in total. The zero-order chi connectivity index (χ0) is 18.6. The summed E-state index contributed by atoms with van der Waals surface area (Å²) < 4.78 is 0. The van der Waals surface area contributed by atoms with Crippen molar-refractivity contribution in [3.63, 3.8) is 0 Å². The summed E-state index contributed by atoms with van der Waals surface area (Å²) in [5, 5.41) is 3.40. The van der Waals surface area contributed by atoms with Crippen molar-refractivity contribution >= 4 is 17.2 Å². The van der Waals surface area contributed by atoms with Crippen LogP contribution in [0.25, 0.3) is 0 Å². The van der Waals surface area contributed by atoms with E-state index in [2.05, 4.69) is 55.4 Å². The summed E-state index contributed by atoms with van der Waals surface area (Å²) in [6.45, 7) is 6.17. The highest BCUT2D eigenvalue weighted by molar-refractivity contribution is 6.01. The molecule has 0 radical (unpaired) electrons. The van der Waals surface area contributed by atoms with Crippen molar-refractivity contribution in [3.05, 3.63) is 59.7 Å². The summed E-state index contributed by atoms with van der Waals surface area (Å²) in [6.07, 6.45) is 3.91. The first-order valence-corrected chi connectivity index (χ1v) is 9.72. The van der Waals surface area contributed by atoms with Crippen molar-refractivity contribution in [1.82, 2.24) is 5.32 Å². The second-order valence-corrected chi connectivity index (χ2v) is 7.51. The molecule has 0 amide bonds. The van der Waals surface area contributed by atoms with E-state index >= 15 is 0 Å². The molecule has 0 aromatic heterocycles. The number of Topliss-reactive ketones (excluding diaryl/α,β-unsaturated/α-hetero) is 1. The molecule has 0 bridgehead atoms. The Bertz CT molecular complexity index is 743. The van der Waals surface area contributed by atoms with Gasteiger partial charge >= 0.3 is 0 Å². The fourth-order valence-electron chi connectivity index (χ4n) is 4.18. The lowest BCUT2D eigenvalue weighted by molar-refractivity contribution is 0.0704. The first-order valence-electron chi connectivity index (χ1n) is 9.72. The summed E-state index contributed by atoms with van der Waals surface area (Å²) in [5.41, 5.74) is 4.07. The molecule has 2 aromatic rings. The van der Waals surface area contributed by atoms with Crippen molar-refractivity contribution in [1.29, 1.82) is 0 Å². The van der Waals surface area contributed by atoms with Gasteiger partial charge in [0.05, 0.1) is 0 Å². The van der Waals surface area contributed by atoms with E-state index in [0.29, 0.717) is 5.78 Å². The van der Waals surface area contributed by atoms with Gasteiger partial charge in [-0.05, 0) is 63.0 Å². The van der Waals surface area contributed by atoms with Gasteiger partial charge < -0.3 is 10.2 Å². The van der Waals surface area contributed by atoms with Crippen molar-refractivity contribution in [3.8, 4) is 0 Å². The number of ketones is 1. The maximum atomic E-state index is 13.5. The van der Waals surface area contributed by atoms with Gasteiger partial charge in [0.2, 0.25) is 0 Å². The Morgan fingerprint density at radius 1 is 1.12 bits per heavy atom. The van der Waals surface area contributed by atoms with Gasteiger partial charge in [-0.25, -0.2) is 0 Å². The largest absolute Gasteiger partial charge is 0.344 e. The third-order valence-corrected chi connectivity index (χ3v) is 5.75. The Morgan fingerprint density at radius 2 is 1.81 bits per heavy atom. The predicted octanol–water partition coefficient (Wildman–Crippen LogP) is 5.12. The SMILES string of the molecule is CCCC1(C(=O)c2ccc(C)c(N(C)c3ccccc3)c2)CCNCC1. The van der Waals surface area contributed by atoms with Gasteiger partial charge in [-0.15, -0.1) is 0 Å². The number of nitrogens with zero attached hydrogens (tertiary/aromatic N) is 1. The number of nitrogens with one attached hydrogen (secondary N) is 1. The molecule has 0 spiro atoms. The van der Waals surface area contributed by atoms with Crippen LogP contribution in [-0.2, 0) is 0 Å². The quantitative estimate of drug-likeness (QED) is 0.734. The van der Waals surface area contributed by atoms with E-state index in [-0.39, 0.29) is 5.41 Å². The van der Waals surface area contributed by atoms with Crippen LogP contribution in [0.4, 0.5) is 11.4 Å². The Hall–Kier alpha value is -2.13. The minimum atomic E-state index is -0.197. The lowest BCUT2D eigenvalue weighted by Gasteiger charge is -2.36. The molecule has 0 atom stereocenters.